The summed E-state index contributed by atoms with van der Waals surface area (Å²) in [7, 11) is 0. The van der Waals surface area contributed by atoms with Crippen LogP contribution in [-0.4, -0.2) is 9.36 Å². The molecular weight excluding hydrogens is 214 g/mol. The summed E-state index contributed by atoms with van der Waals surface area (Å²) in [6.07, 6.45) is 1.52. The van der Waals surface area contributed by atoms with Gasteiger partial charge < -0.3 is 0 Å². The molecule has 0 bridgehead atoms. The van der Waals surface area contributed by atoms with E-state index < -0.39 is 0 Å². The minimum Gasteiger partial charge on any atom is -0.216 e. The number of hydrogen-bond acceptors (Lipinski definition) is 5. The van der Waals surface area contributed by atoms with Gasteiger partial charge in [0.1, 0.15) is 12.4 Å². The Labute approximate surface area is 89.6 Å². The fourth-order valence-electron chi connectivity index (χ4n) is 0.950. The predicted molar refractivity (Wildman–Crippen MR) is 55.2 cm³/mol. The zero-order valence-electron chi connectivity index (χ0n) is 7.04. The van der Waals surface area contributed by atoms with Gasteiger partial charge in [-0.3, -0.25) is 0 Å². The van der Waals surface area contributed by atoms with Crippen molar-refractivity contribution in [3.63, 3.8) is 0 Å². The maximum absolute atomic E-state index is 8.85. The van der Waals surface area contributed by atoms with Gasteiger partial charge >= 0.3 is 0 Å². The lowest BCUT2D eigenvalue weighted by Gasteiger charge is -1.98. The first-order valence-corrected chi connectivity index (χ1v) is 5.43. The molecule has 0 fully saturated rings. The zero-order chi connectivity index (χ0) is 9.80. The first-order chi connectivity index (χ1) is 6.90. The molecule has 0 atom stereocenters. The number of nitriles is 1. The number of aromatic nitrogens is 2. The van der Waals surface area contributed by atoms with Crippen LogP contribution in [0.15, 0.2) is 39.8 Å². The molecule has 0 saturated carbocycles. The highest BCUT2D eigenvalue weighted by Gasteiger charge is 2.04. The summed E-state index contributed by atoms with van der Waals surface area (Å²) in [5, 5.41) is 8.85. The maximum atomic E-state index is 8.85. The molecule has 0 spiro atoms. The standard InChI is InChI=1S/C9H5N3S2/c10-5-7-3-1-2-4-8(7)13-9-11-6-12-14-9/h1-4,6H. The average molecular weight is 219 g/mol. The van der Waals surface area contributed by atoms with Gasteiger partial charge in [0, 0.05) is 4.90 Å². The van der Waals surface area contributed by atoms with Crippen molar-refractivity contribution in [2.75, 3.05) is 0 Å². The number of rotatable bonds is 2. The Morgan fingerprint density at radius 1 is 1.36 bits per heavy atom. The van der Waals surface area contributed by atoms with E-state index in [4.69, 9.17) is 5.26 Å². The van der Waals surface area contributed by atoms with E-state index >= 15 is 0 Å². The molecule has 1 heterocycles. The highest BCUT2D eigenvalue weighted by Crippen LogP contribution is 2.30. The van der Waals surface area contributed by atoms with Crippen molar-refractivity contribution in [2.24, 2.45) is 0 Å². The average Bonchev–Trinajstić information content (AvgIpc) is 2.71. The van der Waals surface area contributed by atoms with Gasteiger partial charge in [-0.2, -0.15) is 9.64 Å². The summed E-state index contributed by atoms with van der Waals surface area (Å²) in [6.45, 7) is 0. The highest BCUT2D eigenvalue weighted by atomic mass is 32.2. The lowest BCUT2D eigenvalue weighted by molar-refractivity contribution is 1.21. The van der Waals surface area contributed by atoms with Crippen molar-refractivity contribution < 1.29 is 0 Å². The van der Waals surface area contributed by atoms with Gasteiger partial charge in [-0.15, -0.1) is 0 Å². The van der Waals surface area contributed by atoms with E-state index in [0.717, 1.165) is 9.24 Å². The van der Waals surface area contributed by atoms with Crippen LogP contribution in [0.1, 0.15) is 5.56 Å². The van der Waals surface area contributed by atoms with E-state index in [1.54, 1.807) is 6.07 Å². The third-order valence-corrected chi connectivity index (χ3v) is 3.34. The van der Waals surface area contributed by atoms with Crippen molar-refractivity contribution >= 4 is 23.3 Å². The molecule has 0 aliphatic heterocycles. The second-order valence-corrected chi connectivity index (χ2v) is 4.49. The number of hydrogen-bond donors (Lipinski definition) is 0. The summed E-state index contributed by atoms with van der Waals surface area (Å²) in [4.78, 5) is 4.97. The smallest absolute Gasteiger partial charge is 0.174 e. The topological polar surface area (TPSA) is 49.6 Å². The van der Waals surface area contributed by atoms with Gasteiger partial charge in [-0.25, -0.2) is 4.98 Å². The summed E-state index contributed by atoms with van der Waals surface area (Å²) in [5.41, 5.74) is 0.674. The largest absolute Gasteiger partial charge is 0.216 e. The van der Waals surface area contributed by atoms with Gasteiger partial charge in [-0.05, 0) is 23.7 Å². The van der Waals surface area contributed by atoms with Crippen LogP contribution in [0.2, 0.25) is 0 Å². The van der Waals surface area contributed by atoms with E-state index in [1.807, 2.05) is 18.2 Å². The van der Waals surface area contributed by atoms with Crippen LogP contribution in [0.4, 0.5) is 0 Å². The van der Waals surface area contributed by atoms with Crippen molar-refractivity contribution in [3.8, 4) is 6.07 Å². The normalized spacial score (nSPS) is 9.64. The van der Waals surface area contributed by atoms with Gasteiger partial charge in [0.25, 0.3) is 0 Å². The fourth-order valence-corrected chi connectivity index (χ4v) is 2.43. The number of benzene rings is 1. The molecule has 1 aromatic heterocycles. The molecule has 14 heavy (non-hydrogen) atoms. The monoisotopic (exact) mass is 219 g/mol. The van der Waals surface area contributed by atoms with Crippen LogP contribution in [-0.2, 0) is 0 Å². The molecule has 0 unspecified atom stereocenters. The van der Waals surface area contributed by atoms with Crippen molar-refractivity contribution in [1.82, 2.24) is 9.36 Å². The van der Waals surface area contributed by atoms with Crippen LogP contribution in [0.5, 0.6) is 0 Å². The quantitative estimate of drug-likeness (QED) is 0.778. The van der Waals surface area contributed by atoms with Crippen molar-refractivity contribution in [2.45, 2.75) is 9.24 Å². The Kier molecular flexibility index (Phi) is 2.77. The van der Waals surface area contributed by atoms with Crippen molar-refractivity contribution in [1.29, 1.82) is 5.26 Å². The molecule has 0 radical (unpaired) electrons. The predicted octanol–water partition coefficient (Wildman–Crippen LogP) is 2.56. The van der Waals surface area contributed by atoms with Crippen LogP contribution in [0.25, 0.3) is 0 Å². The van der Waals surface area contributed by atoms with Crippen LogP contribution >= 0.6 is 23.3 Å². The van der Waals surface area contributed by atoms with E-state index in [9.17, 15) is 0 Å². The van der Waals surface area contributed by atoms with Gasteiger partial charge in [-0.1, -0.05) is 23.9 Å². The van der Waals surface area contributed by atoms with E-state index in [-0.39, 0.29) is 0 Å². The molecule has 68 valence electrons. The van der Waals surface area contributed by atoms with E-state index in [0.29, 0.717) is 5.56 Å². The van der Waals surface area contributed by atoms with Gasteiger partial charge in [0.15, 0.2) is 4.34 Å². The summed E-state index contributed by atoms with van der Waals surface area (Å²) >= 11 is 2.80. The summed E-state index contributed by atoms with van der Waals surface area (Å²) < 4.78 is 4.76. The second kappa shape index (κ2) is 4.22. The fraction of sp³-hybridized carbons (Fsp3) is 0. The Hall–Kier alpha value is -1.38. The Balaban J connectivity index is 2.30. The minimum absolute atomic E-state index is 0.674. The molecule has 2 rings (SSSR count). The van der Waals surface area contributed by atoms with Crippen LogP contribution < -0.4 is 0 Å². The SMILES string of the molecule is N#Cc1ccccc1Sc1ncns1. The number of nitrogens with zero attached hydrogens (tertiary/aromatic N) is 3. The summed E-state index contributed by atoms with van der Waals surface area (Å²) in [6, 6.07) is 9.60. The molecule has 3 nitrogen and oxygen atoms in total. The minimum atomic E-state index is 0.674. The van der Waals surface area contributed by atoms with Gasteiger partial charge in [0.2, 0.25) is 0 Å². The van der Waals surface area contributed by atoms with E-state index in [1.165, 1.54) is 29.6 Å². The lowest BCUT2D eigenvalue weighted by Crippen LogP contribution is -1.78. The lowest BCUT2D eigenvalue weighted by atomic mass is 10.2. The second-order valence-electron chi connectivity index (χ2n) is 2.42. The molecule has 1 aromatic carbocycles. The van der Waals surface area contributed by atoms with Gasteiger partial charge in [0.05, 0.1) is 5.56 Å². The molecule has 0 saturated heterocycles. The van der Waals surface area contributed by atoms with E-state index in [2.05, 4.69) is 15.4 Å². The highest BCUT2D eigenvalue weighted by molar-refractivity contribution is 8.01. The first-order valence-electron chi connectivity index (χ1n) is 3.84. The molecule has 2 aromatic rings. The molecule has 0 aliphatic rings. The molecular formula is C9H5N3S2. The Morgan fingerprint density at radius 2 is 2.21 bits per heavy atom. The summed E-state index contributed by atoms with van der Waals surface area (Å²) in [5.74, 6) is 0. The Bertz CT molecular complexity index is 459. The van der Waals surface area contributed by atoms with Crippen LogP contribution in [0, 0.1) is 11.3 Å². The Morgan fingerprint density at radius 3 is 2.93 bits per heavy atom. The molecule has 5 heteroatoms. The maximum Gasteiger partial charge on any atom is 0.174 e. The first kappa shape index (κ1) is 9.19. The third-order valence-electron chi connectivity index (χ3n) is 1.55. The molecule has 0 N–H and O–H groups in total. The van der Waals surface area contributed by atoms with Crippen LogP contribution in [0.3, 0.4) is 0 Å². The van der Waals surface area contributed by atoms with Crippen molar-refractivity contribution in [3.05, 3.63) is 36.2 Å². The zero-order valence-corrected chi connectivity index (χ0v) is 8.68. The third kappa shape index (κ3) is 1.92. The molecule has 0 aliphatic carbocycles. The molecule has 0 amide bonds.